The largest absolute Gasteiger partial charge is 0.394 e. The van der Waals surface area contributed by atoms with E-state index in [4.69, 9.17) is 20.4 Å². The molecule has 0 heterocycles. The Morgan fingerprint density at radius 2 is 1.80 bits per heavy atom. The van der Waals surface area contributed by atoms with Crippen LogP contribution < -0.4 is 0 Å². The molecule has 4 N–H and O–H groups in total. The van der Waals surface area contributed by atoms with Gasteiger partial charge in [-0.1, -0.05) is 0 Å². The van der Waals surface area contributed by atoms with E-state index in [-0.39, 0.29) is 0 Å². The third kappa shape index (κ3) is 3.76. The van der Waals surface area contributed by atoms with E-state index in [1.54, 1.807) is 0 Å². The molecule has 10 heavy (non-hydrogen) atoms. The molecule has 0 aliphatic carbocycles. The fourth-order valence-electron chi connectivity index (χ4n) is 0.466. The second kappa shape index (κ2) is 4.59. The van der Waals surface area contributed by atoms with Crippen molar-refractivity contribution in [1.82, 2.24) is 0 Å². The van der Waals surface area contributed by atoms with Crippen molar-refractivity contribution in [3.8, 4) is 0 Å². The third-order valence-electron chi connectivity index (χ3n) is 1.01. The Hall–Kier alpha value is -0.200. The summed E-state index contributed by atoms with van der Waals surface area (Å²) in [4.78, 5) is 0. The van der Waals surface area contributed by atoms with Crippen LogP contribution in [-0.4, -0.2) is 45.7 Å². The molecule has 0 amide bonds. The number of aliphatic hydroxyl groups is 4. The molecule has 2 atom stereocenters. The lowest BCUT2D eigenvalue weighted by Crippen LogP contribution is -2.33. The van der Waals surface area contributed by atoms with Gasteiger partial charge < -0.3 is 25.2 Å². The van der Waals surface area contributed by atoms with E-state index in [2.05, 4.69) is 4.74 Å². The molecular weight excluding hydrogens is 140 g/mol. The van der Waals surface area contributed by atoms with Gasteiger partial charge in [0, 0.05) is 0 Å². The van der Waals surface area contributed by atoms with E-state index < -0.39 is 25.3 Å². The quantitative estimate of drug-likeness (QED) is 0.350. The van der Waals surface area contributed by atoms with E-state index in [0.717, 1.165) is 0 Å². The minimum atomic E-state index is -1.95. The maximum atomic E-state index is 8.75. The highest BCUT2D eigenvalue weighted by Gasteiger charge is 2.16. The monoisotopic (exact) mass is 152 g/mol. The molecule has 0 saturated heterocycles. The first kappa shape index (κ1) is 9.80. The van der Waals surface area contributed by atoms with Crippen LogP contribution in [0.3, 0.4) is 0 Å². The Kier molecular flexibility index (Phi) is 4.50. The van der Waals surface area contributed by atoms with Gasteiger partial charge in [0.15, 0.2) is 0 Å². The highest BCUT2D eigenvalue weighted by atomic mass is 16.7. The number of hydrogen-bond donors (Lipinski definition) is 4. The van der Waals surface area contributed by atoms with Crippen LogP contribution in [-0.2, 0) is 4.74 Å². The smallest absolute Gasteiger partial charge is 0.266 e. The molecule has 0 rings (SSSR count). The zero-order valence-electron chi connectivity index (χ0n) is 5.64. The van der Waals surface area contributed by atoms with Gasteiger partial charge in [-0.05, 0) is 6.92 Å². The number of aliphatic hydroxyl groups excluding tert-OH is 3. The van der Waals surface area contributed by atoms with Crippen LogP contribution in [0.25, 0.3) is 0 Å². The van der Waals surface area contributed by atoms with Crippen LogP contribution in [0.4, 0.5) is 0 Å². The first-order valence-electron chi connectivity index (χ1n) is 2.88. The molecule has 0 saturated carbocycles. The maximum Gasteiger partial charge on any atom is 0.266 e. The van der Waals surface area contributed by atoms with Crippen molar-refractivity contribution < 1.29 is 25.2 Å². The summed E-state index contributed by atoms with van der Waals surface area (Å²) in [7, 11) is 0. The van der Waals surface area contributed by atoms with E-state index in [1.165, 1.54) is 6.92 Å². The van der Waals surface area contributed by atoms with Crippen LogP contribution in [0.5, 0.6) is 0 Å². The van der Waals surface area contributed by atoms with Gasteiger partial charge in [0.2, 0.25) is 0 Å². The molecule has 0 bridgehead atoms. The maximum absolute atomic E-state index is 8.75. The van der Waals surface area contributed by atoms with Crippen LogP contribution >= 0.6 is 0 Å². The Bertz CT molecular complexity index is 82.1. The minimum absolute atomic E-state index is 0.449. The SMILES string of the molecule is C[C@H](O)C(CO)OC(O)O. The summed E-state index contributed by atoms with van der Waals surface area (Å²) in [5.41, 5.74) is 0. The molecule has 5 nitrogen and oxygen atoms in total. The van der Waals surface area contributed by atoms with Gasteiger partial charge in [-0.25, -0.2) is 0 Å². The second-order valence-corrected chi connectivity index (χ2v) is 1.92. The fourth-order valence-corrected chi connectivity index (χ4v) is 0.466. The lowest BCUT2D eigenvalue weighted by atomic mass is 10.2. The van der Waals surface area contributed by atoms with Crippen molar-refractivity contribution in [2.24, 2.45) is 0 Å². The molecule has 0 fully saturated rings. The zero-order valence-corrected chi connectivity index (χ0v) is 5.64. The zero-order chi connectivity index (χ0) is 8.15. The number of ether oxygens (including phenoxy) is 1. The van der Waals surface area contributed by atoms with Crippen LogP contribution in [0.1, 0.15) is 6.92 Å². The van der Waals surface area contributed by atoms with Crippen molar-refractivity contribution in [3.05, 3.63) is 0 Å². The third-order valence-corrected chi connectivity index (χ3v) is 1.01. The molecule has 0 spiro atoms. The molecular formula is C5H12O5. The molecule has 0 aromatic carbocycles. The van der Waals surface area contributed by atoms with Crippen molar-refractivity contribution >= 4 is 0 Å². The Morgan fingerprint density at radius 1 is 1.30 bits per heavy atom. The highest BCUT2D eigenvalue weighted by molar-refractivity contribution is 4.61. The highest BCUT2D eigenvalue weighted by Crippen LogP contribution is 1.99. The molecule has 1 unspecified atom stereocenters. The predicted octanol–water partition coefficient (Wildman–Crippen LogP) is -1.99. The van der Waals surface area contributed by atoms with Crippen molar-refractivity contribution in [2.75, 3.05) is 6.61 Å². The number of rotatable bonds is 4. The molecule has 0 aromatic heterocycles. The first-order valence-corrected chi connectivity index (χ1v) is 2.88. The van der Waals surface area contributed by atoms with Gasteiger partial charge in [0.25, 0.3) is 6.48 Å². The molecule has 62 valence electrons. The summed E-state index contributed by atoms with van der Waals surface area (Å²) in [6.45, 7) is -1.02. The van der Waals surface area contributed by atoms with Crippen molar-refractivity contribution in [1.29, 1.82) is 0 Å². The van der Waals surface area contributed by atoms with Crippen LogP contribution in [0, 0.1) is 0 Å². The van der Waals surface area contributed by atoms with E-state index in [0.29, 0.717) is 0 Å². The lowest BCUT2D eigenvalue weighted by molar-refractivity contribution is -0.272. The molecule has 5 heteroatoms. The molecule has 0 aliphatic rings. The van der Waals surface area contributed by atoms with E-state index in [9.17, 15) is 0 Å². The number of hydrogen-bond acceptors (Lipinski definition) is 5. The topological polar surface area (TPSA) is 90.2 Å². The van der Waals surface area contributed by atoms with Crippen LogP contribution in [0.15, 0.2) is 0 Å². The van der Waals surface area contributed by atoms with E-state index >= 15 is 0 Å². The molecule has 0 radical (unpaired) electrons. The van der Waals surface area contributed by atoms with E-state index in [1.807, 2.05) is 0 Å². The lowest BCUT2D eigenvalue weighted by Gasteiger charge is -2.18. The molecule has 0 aromatic rings. The first-order chi connectivity index (χ1) is 4.57. The van der Waals surface area contributed by atoms with Crippen LogP contribution in [0.2, 0.25) is 0 Å². The summed E-state index contributed by atoms with van der Waals surface area (Å²) >= 11 is 0. The van der Waals surface area contributed by atoms with Gasteiger partial charge in [0.05, 0.1) is 12.7 Å². The summed E-state index contributed by atoms with van der Waals surface area (Å²) in [5, 5.41) is 33.6. The standard InChI is InChI=1S/C5H12O5/c1-3(7)4(2-6)10-5(8)9/h3-9H,2H2,1H3/t3-,4?/m0/s1. The average molecular weight is 152 g/mol. The minimum Gasteiger partial charge on any atom is -0.394 e. The Balaban J connectivity index is 3.60. The van der Waals surface area contributed by atoms with Gasteiger partial charge >= 0.3 is 0 Å². The van der Waals surface area contributed by atoms with Gasteiger partial charge in [0.1, 0.15) is 6.10 Å². The summed E-state index contributed by atoms with van der Waals surface area (Å²) < 4.78 is 4.27. The van der Waals surface area contributed by atoms with Gasteiger partial charge in [-0.15, -0.1) is 0 Å². The normalized spacial score (nSPS) is 17.4. The summed E-state index contributed by atoms with van der Waals surface area (Å²) in [6.07, 6.45) is -1.87. The summed E-state index contributed by atoms with van der Waals surface area (Å²) in [6, 6.07) is 0. The van der Waals surface area contributed by atoms with Gasteiger partial charge in [-0.3, -0.25) is 0 Å². The summed E-state index contributed by atoms with van der Waals surface area (Å²) in [5.74, 6) is 0. The second-order valence-electron chi connectivity index (χ2n) is 1.92. The van der Waals surface area contributed by atoms with Gasteiger partial charge in [-0.2, -0.15) is 0 Å². The Morgan fingerprint density at radius 3 is 1.90 bits per heavy atom. The Labute approximate surface area is 58.5 Å². The molecule has 0 aliphatic heterocycles. The fraction of sp³-hybridized carbons (Fsp3) is 1.00. The van der Waals surface area contributed by atoms with Crippen molar-refractivity contribution in [2.45, 2.75) is 25.6 Å². The average Bonchev–Trinajstić information content (AvgIpc) is 1.81. The predicted molar refractivity (Wildman–Crippen MR) is 31.9 cm³/mol. The van der Waals surface area contributed by atoms with Crippen molar-refractivity contribution in [3.63, 3.8) is 0 Å².